The number of likely N-dealkylation sites (tertiary alicyclic amines) is 1. The zero-order valence-corrected chi connectivity index (χ0v) is 12.3. The Bertz CT molecular complexity index is 311. The average Bonchev–Trinajstić information content (AvgIpc) is 2.95. The first-order chi connectivity index (χ1) is 8.98. The number of rotatable bonds is 5. The van der Waals surface area contributed by atoms with Gasteiger partial charge in [0, 0.05) is 19.6 Å². The van der Waals surface area contributed by atoms with Crippen molar-refractivity contribution in [1.82, 2.24) is 10.2 Å². The average molecular weight is 268 g/mol. The third kappa shape index (κ3) is 4.18. The molecule has 1 saturated carbocycles. The highest BCUT2D eigenvalue weighted by atomic mass is 16.3. The molecule has 1 aliphatic carbocycles. The van der Waals surface area contributed by atoms with E-state index < -0.39 is 5.60 Å². The Morgan fingerprint density at radius 3 is 2.74 bits per heavy atom. The quantitative estimate of drug-likeness (QED) is 0.792. The Kier molecular flexibility index (Phi) is 4.85. The molecular formula is C15H28N2O2. The summed E-state index contributed by atoms with van der Waals surface area (Å²) < 4.78 is 0. The number of aliphatic hydroxyl groups is 1. The Morgan fingerprint density at radius 2 is 2.11 bits per heavy atom. The second kappa shape index (κ2) is 6.23. The van der Waals surface area contributed by atoms with E-state index in [0.717, 1.165) is 51.7 Å². The standard InChI is InChI=1S/C15H28N2O2/c1-12(2)9-17-8-5-13(10-17)14(18)16-11-15(19)6-3-4-7-15/h12-13,19H,3-11H2,1-2H3,(H,16,18). The van der Waals surface area contributed by atoms with Gasteiger partial charge in [0.1, 0.15) is 0 Å². The monoisotopic (exact) mass is 268 g/mol. The lowest BCUT2D eigenvalue weighted by molar-refractivity contribution is -0.125. The fourth-order valence-corrected chi connectivity index (χ4v) is 3.33. The van der Waals surface area contributed by atoms with Crippen LogP contribution in [0.15, 0.2) is 0 Å². The van der Waals surface area contributed by atoms with Gasteiger partial charge in [-0.3, -0.25) is 4.79 Å². The molecule has 0 aromatic carbocycles. The summed E-state index contributed by atoms with van der Waals surface area (Å²) in [6.07, 6.45) is 4.78. The van der Waals surface area contributed by atoms with Crippen LogP contribution in [0.3, 0.4) is 0 Å². The topological polar surface area (TPSA) is 52.6 Å². The number of carbonyl (C=O) groups is 1. The van der Waals surface area contributed by atoms with Crippen LogP contribution in [0.4, 0.5) is 0 Å². The van der Waals surface area contributed by atoms with E-state index in [4.69, 9.17) is 0 Å². The van der Waals surface area contributed by atoms with Crippen LogP contribution in [0.5, 0.6) is 0 Å². The molecule has 1 atom stereocenters. The molecule has 0 bridgehead atoms. The Balaban J connectivity index is 1.72. The number of carbonyl (C=O) groups excluding carboxylic acids is 1. The van der Waals surface area contributed by atoms with Crippen LogP contribution < -0.4 is 5.32 Å². The molecule has 4 heteroatoms. The molecule has 1 amide bonds. The first-order valence-electron chi connectivity index (χ1n) is 7.71. The summed E-state index contributed by atoms with van der Waals surface area (Å²) in [4.78, 5) is 14.5. The molecule has 0 aromatic rings. The minimum absolute atomic E-state index is 0.115. The molecule has 0 spiro atoms. The van der Waals surface area contributed by atoms with Gasteiger partial charge in [-0.1, -0.05) is 26.7 Å². The Morgan fingerprint density at radius 1 is 1.42 bits per heavy atom. The predicted molar refractivity (Wildman–Crippen MR) is 75.8 cm³/mol. The van der Waals surface area contributed by atoms with Gasteiger partial charge < -0.3 is 15.3 Å². The van der Waals surface area contributed by atoms with E-state index in [-0.39, 0.29) is 11.8 Å². The van der Waals surface area contributed by atoms with Crippen molar-refractivity contribution in [1.29, 1.82) is 0 Å². The van der Waals surface area contributed by atoms with E-state index in [9.17, 15) is 9.90 Å². The highest BCUT2D eigenvalue weighted by Gasteiger charge is 2.33. The van der Waals surface area contributed by atoms with Crippen molar-refractivity contribution in [3.63, 3.8) is 0 Å². The van der Waals surface area contributed by atoms with Crippen LogP contribution in [0, 0.1) is 11.8 Å². The third-order valence-corrected chi connectivity index (χ3v) is 4.39. The number of hydrogen-bond donors (Lipinski definition) is 2. The smallest absolute Gasteiger partial charge is 0.224 e. The number of nitrogens with one attached hydrogen (secondary N) is 1. The maximum Gasteiger partial charge on any atom is 0.224 e. The van der Waals surface area contributed by atoms with Gasteiger partial charge in [0.2, 0.25) is 5.91 Å². The molecule has 2 rings (SSSR count). The SMILES string of the molecule is CC(C)CN1CCC(C(=O)NCC2(O)CCCC2)C1. The van der Waals surface area contributed by atoms with Crippen LogP contribution in [-0.4, -0.2) is 47.7 Å². The summed E-state index contributed by atoms with van der Waals surface area (Å²) in [5.74, 6) is 0.899. The van der Waals surface area contributed by atoms with Gasteiger partial charge in [0.15, 0.2) is 0 Å². The van der Waals surface area contributed by atoms with Gasteiger partial charge in [-0.25, -0.2) is 0 Å². The highest BCUT2D eigenvalue weighted by molar-refractivity contribution is 5.79. The lowest BCUT2D eigenvalue weighted by atomic mass is 10.0. The van der Waals surface area contributed by atoms with Gasteiger partial charge >= 0.3 is 0 Å². The minimum atomic E-state index is -0.633. The molecule has 2 N–H and O–H groups in total. The Labute approximate surface area is 116 Å². The number of nitrogens with zero attached hydrogens (tertiary/aromatic N) is 1. The van der Waals surface area contributed by atoms with Crippen LogP contribution in [0.1, 0.15) is 46.0 Å². The van der Waals surface area contributed by atoms with E-state index in [1.165, 1.54) is 0 Å². The summed E-state index contributed by atoms with van der Waals surface area (Å²) in [6.45, 7) is 7.84. The molecule has 0 aromatic heterocycles. The maximum absolute atomic E-state index is 12.1. The van der Waals surface area contributed by atoms with Crippen LogP contribution >= 0.6 is 0 Å². The van der Waals surface area contributed by atoms with E-state index in [0.29, 0.717) is 12.5 Å². The predicted octanol–water partition coefficient (Wildman–Crippen LogP) is 1.39. The van der Waals surface area contributed by atoms with Crippen molar-refractivity contribution in [2.24, 2.45) is 11.8 Å². The van der Waals surface area contributed by atoms with Gasteiger partial charge in [0.05, 0.1) is 11.5 Å². The van der Waals surface area contributed by atoms with Crippen molar-refractivity contribution in [3.05, 3.63) is 0 Å². The normalized spacial score (nSPS) is 27.1. The molecule has 0 radical (unpaired) electrons. The Hall–Kier alpha value is -0.610. The molecule has 2 fully saturated rings. The number of amides is 1. The van der Waals surface area contributed by atoms with E-state index in [1.807, 2.05) is 0 Å². The second-order valence-electron chi connectivity index (χ2n) is 6.79. The molecule has 1 unspecified atom stereocenters. The molecule has 1 saturated heterocycles. The van der Waals surface area contributed by atoms with Gasteiger partial charge in [-0.15, -0.1) is 0 Å². The van der Waals surface area contributed by atoms with Crippen molar-refractivity contribution in [3.8, 4) is 0 Å². The number of hydrogen-bond acceptors (Lipinski definition) is 3. The lowest BCUT2D eigenvalue weighted by Crippen LogP contribution is -2.43. The molecule has 19 heavy (non-hydrogen) atoms. The summed E-state index contributed by atoms with van der Waals surface area (Å²) in [5.41, 5.74) is -0.633. The van der Waals surface area contributed by atoms with E-state index in [1.54, 1.807) is 0 Å². The van der Waals surface area contributed by atoms with Crippen molar-refractivity contribution < 1.29 is 9.90 Å². The fourth-order valence-electron chi connectivity index (χ4n) is 3.33. The molecule has 1 heterocycles. The molecule has 1 aliphatic heterocycles. The lowest BCUT2D eigenvalue weighted by Gasteiger charge is -2.23. The first kappa shape index (κ1) is 14.8. The largest absolute Gasteiger partial charge is 0.388 e. The fraction of sp³-hybridized carbons (Fsp3) is 0.933. The van der Waals surface area contributed by atoms with E-state index in [2.05, 4.69) is 24.1 Å². The van der Waals surface area contributed by atoms with Crippen LogP contribution in [0.25, 0.3) is 0 Å². The summed E-state index contributed by atoms with van der Waals surface area (Å²) in [6, 6.07) is 0. The molecule has 4 nitrogen and oxygen atoms in total. The molecule has 110 valence electrons. The first-order valence-corrected chi connectivity index (χ1v) is 7.71. The van der Waals surface area contributed by atoms with Crippen molar-refractivity contribution in [2.45, 2.75) is 51.6 Å². The van der Waals surface area contributed by atoms with Gasteiger partial charge in [-0.2, -0.15) is 0 Å². The summed E-state index contributed by atoms with van der Waals surface area (Å²) in [5, 5.41) is 13.2. The zero-order valence-electron chi connectivity index (χ0n) is 12.3. The second-order valence-corrected chi connectivity index (χ2v) is 6.79. The maximum atomic E-state index is 12.1. The third-order valence-electron chi connectivity index (χ3n) is 4.39. The van der Waals surface area contributed by atoms with Crippen LogP contribution in [-0.2, 0) is 4.79 Å². The van der Waals surface area contributed by atoms with Crippen LogP contribution in [0.2, 0.25) is 0 Å². The highest BCUT2D eigenvalue weighted by Crippen LogP contribution is 2.28. The summed E-state index contributed by atoms with van der Waals surface area (Å²) in [7, 11) is 0. The molecule has 2 aliphatic rings. The minimum Gasteiger partial charge on any atom is -0.388 e. The molecular weight excluding hydrogens is 240 g/mol. The van der Waals surface area contributed by atoms with Crippen molar-refractivity contribution in [2.75, 3.05) is 26.2 Å². The zero-order chi connectivity index (χ0) is 13.9. The van der Waals surface area contributed by atoms with Crippen molar-refractivity contribution >= 4 is 5.91 Å². The van der Waals surface area contributed by atoms with Gasteiger partial charge in [0.25, 0.3) is 0 Å². The van der Waals surface area contributed by atoms with E-state index >= 15 is 0 Å². The summed E-state index contributed by atoms with van der Waals surface area (Å²) >= 11 is 0. The van der Waals surface area contributed by atoms with Gasteiger partial charge in [-0.05, 0) is 31.7 Å².